The molecule has 0 amide bonds. The van der Waals surface area contributed by atoms with Gasteiger partial charge >= 0.3 is 0 Å². The van der Waals surface area contributed by atoms with Gasteiger partial charge in [0.25, 0.3) is 0 Å². The Morgan fingerprint density at radius 2 is 0.859 bits per heavy atom. The third-order valence-electron chi connectivity index (χ3n) is 12.7. The van der Waals surface area contributed by atoms with E-state index < -0.39 is 0 Å². The molecule has 64 heavy (non-hydrogen) atoms. The minimum Gasteiger partial charge on any atom is -0.456 e. The fourth-order valence-corrected chi connectivity index (χ4v) is 9.60. The van der Waals surface area contributed by atoms with E-state index >= 15 is 0 Å². The molecule has 0 atom stereocenters. The van der Waals surface area contributed by atoms with Crippen LogP contribution in [0.3, 0.4) is 0 Å². The standard InChI is InChI=1S/C62H41NO/c1-3-16-43(17-4-1)54-37-34-48(39-57(54)45-18-5-2-6-19-45)42-32-35-50(36-33-42)63(51-25-13-24-49(38-51)53-28-14-23-44-20-9-10-26-52(44)53)59-30-12-11-27-55(59)56-29-15-31-60-62(56)58-40-46-21-7-8-22-47(46)41-61(58)64-60/h1-41H. The van der Waals surface area contributed by atoms with Gasteiger partial charge < -0.3 is 9.32 Å². The third kappa shape index (κ3) is 6.61. The highest BCUT2D eigenvalue weighted by Gasteiger charge is 2.22. The van der Waals surface area contributed by atoms with E-state index in [1.807, 2.05) is 0 Å². The molecule has 0 bridgehead atoms. The highest BCUT2D eigenvalue weighted by molar-refractivity contribution is 6.16. The van der Waals surface area contributed by atoms with Crippen molar-refractivity contribution in [3.05, 3.63) is 249 Å². The van der Waals surface area contributed by atoms with Crippen LogP contribution in [0.25, 0.3) is 99.1 Å². The SMILES string of the molecule is c1ccc(-c2ccc(-c3ccc(N(c4cccc(-c5cccc6ccccc56)c4)c4ccccc4-c4cccc5oc6cc7ccccc7cc6c45)cc3)cc2-c2ccccc2)cc1. The Labute approximate surface area is 372 Å². The number of nitrogens with zero attached hydrogens (tertiary/aromatic N) is 1. The summed E-state index contributed by atoms with van der Waals surface area (Å²) in [6.45, 7) is 0. The summed E-state index contributed by atoms with van der Waals surface area (Å²) < 4.78 is 6.60. The van der Waals surface area contributed by atoms with Gasteiger partial charge in [0.15, 0.2) is 0 Å². The summed E-state index contributed by atoms with van der Waals surface area (Å²) in [5, 5.41) is 7.05. The summed E-state index contributed by atoms with van der Waals surface area (Å²) in [7, 11) is 0. The predicted octanol–water partition coefficient (Wildman–Crippen LogP) is 17.7. The van der Waals surface area contributed by atoms with E-state index in [0.29, 0.717) is 0 Å². The van der Waals surface area contributed by atoms with Crippen LogP contribution in [-0.4, -0.2) is 0 Å². The first kappa shape index (κ1) is 37.3. The summed E-state index contributed by atoms with van der Waals surface area (Å²) in [4.78, 5) is 2.41. The molecule has 2 heteroatoms. The van der Waals surface area contributed by atoms with Crippen molar-refractivity contribution in [3.63, 3.8) is 0 Å². The number of hydrogen-bond acceptors (Lipinski definition) is 2. The van der Waals surface area contributed by atoms with Gasteiger partial charge in [-0.2, -0.15) is 0 Å². The van der Waals surface area contributed by atoms with Crippen molar-refractivity contribution in [1.29, 1.82) is 0 Å². The van der Waals surface area contributed by atoms with E-state index in [0.717, 1.165) is 61.3 Å². The molecule has 300 valence electrons. The Balaban J connectivity index is 1.03. The van der Waals surface area contributed by atoms with Crippen molar-refractivity contribution in [2.75, 3.05) is 4.90 Å². The maximum absolute atomic E-state index is 6.60. The number of benzene rings is 11. The van der Waals surface area contributed by atoms with Gasteiger partial charge in [-0.3, -0.25) is 0 Å². The molecule has 0 saturated heterocycles. The number of fused-ring (bicyclic) bond motifs is 5. The van der Waals surface area contributed by atoms with Crippen LogP contribution >= 0.6 is 0 Å². The fraction of sp³-hybridized carbons (Fsp3) is 0. The van der Waals surface area contributed by atoms with Crippen LogP contribution in [0, 0.1) is 0 Å². The van der Waals surface area contributed by atoms with Gasteiger partial charge in [0, 0.05) is 27.7 Å². The maximum Gasteiger partial charge on any atom is 0.136 e. The molecule has 0 radical (unpaired) electrons. The lowest BCUT2D eigenvalue weighted by molar-refractivity contribution is 0.669. The quantitative estimate of drug-likeness (QED) is 0.152. The summed E-state index contributed by atoms with van der Waals surface area (Å²) in [6.07, 6.45) is 0. The molecule has 1 aromatic heterocycles. The molecule has 11 aromatic carbocycles. The highest BCUT2D eigenvalue weighted by Crippen LogP contribution is 2.46. The molecule has 0 aliphatic heterocycles. The van der Waals surface area contributed by atoms with Gasteiger partial charge in [0.05, 0.1) is 5.69 Å². The zero-order chi connectivity index (χ0) is 42.4. The molecule has 1 heterocycles. The lowest BCUT2D eigenvalue weighted by Crippen LogP contribution is -2.11. The molecule has 0 N–H and O–H groups in total. The van der Waals surface area contributed by atoms with Crippen molar-refractivity contribution in [1.82, 2.24) is 0 Å². The van der Waals surface area contributed by atoms with Gasteiger partial charge in [0.1, 0.15) is 11.2 Å². The van der Waals surface area contributed by atoms with Crippen LogP contribution in [0.4, 0.5) is 17.1 Å². The summed E-state index contributed by atoms with van der Waals surface area (Å²) >= 11 is 0. The normalized spacial score (nSPS) is 11.4. The number of furan rings is 1. The first-order chi connectivity index (χ1) is 31.7. The Morgan fingerprint density at radius 3 is 1.67 bits per heavy atom. The lowest BCUT2D eigenvalue weighted by atomic mass is 9.91. The van der Waals surface area contributed by atoms with Crippen molar-refractivity contribution in [3.8, 4) is 55.6 Å². The van der Waals surface area contributed by atoms with Crippen LogP contribution in [0.2, 0.25) is 0 Å². The molecule has 0 fully saturated rings. The number of anilines is 3. The average molecular weight is 816 g/mol. The van der Waals surface area contributed by atoms with Gasteiger partial charge in [-0.25, -0.2) is 0 Å². The number of para-hydroxylation sites is 1. The number of rotatable bonds is 8. The van der Waals surface area contributed by atoms with Crippen LogP contribution in [0.15, 0.2) is 253 Å². The molecule has 2 nitrogen and oxygen atoms in total. The molecule has 12 rings (SSSR count). The Bertz CT molecular complexity index is 3660. The largest absolute Gasteiger partial charge is 0.456 e. The van der Waals surface area contributed by atoms with E-state index in [1.165, 1.54) is 54.9 Å². The Kier molecular flexibility index (Phi) is 9.20. The number of hydrogen-bond donors (Lipinski definition) is 0. The van der Waals surface area contributed by atoms with Crippen molar-refractivity contribution in [2.45, 2.75) is 0 Å². The van der Waals surface area contributed by atoms with Gasteiger partial charge in [0.2, 0.25) is 0 Å². The van der Waals surface area contributed by atoms with Crippen molar-refractivity contribution in [2.24, 2.45) is 0 Å². The van der Waals surface area contributed by atoms with E-state index in [-0.39, 0.29) is 0 Å². The van der Waals surface area contributed by atoms with E-state index in [9.17, 15) is 0 Å². The van der Waals surface area contributed by atoms with E-state index in [1.54, 1.807) is 0 Å². The molecular weight excluding hydrogens is 775 g/mol. The zero-order valence-corrected chi connectivity index (χ0v) is 35.0. The minimum atomic E-state index is 0.875. The Hall–Kier alpha value is -8.46. The molecule has 0 saturated carbocycles. The molecule has 0 aliphatic rings. The lowest BCUT2D eigenvalue weighted by Gasteiger charge is -2.29. The second-order valence-corrected chi connectivity index (χ2v) is 16.4. The van der Waals surface area contributed by atoms with E-state index in [4.69, 9.17) is 4.42 Å². The summed E-state index contributed by atoms with van der Waals surface area (Å²) in [6, 6.07) is 89.7. The van der Waals surface area contributed by atoms with E-state index in [2.05, 4.69) is 254 Å². The van der Waals surface area contributed by atoms with Gasteiger partial charge in [-0.1, -0.05) is 194 Å². The van der Waals surface area contributed by atoms with Crippen molar-refractivity contribution >= 4 is 60.5 Å². The fourth-order valence-electron chi connectivity index (χ4n) is 9.60. The van der Waals surface area contributed by atoms with Crippen LogP contribution in [0.1, 0.15) is 0 Å². The van der Waals surface area contributed by atoms with Gasteiger partial charge in [-0.05, 0) is 126 Å². The monoisotopic (exact) mass is 815 g/mol. The van der Waals surface area contributed by atoms with Crippen LogP contribution in [0.5, 0.6) is 0 Å². The first-order valence-electron chi connectivity index (χ1n) is 21.9. The molecule has 0 aliphatic carbocycles. The second kappa shape index (κ2) is 15.8. The summed E-state index contributed by atoms with van der Waals surface area (Å²) in [5.74, 6) is 0. The minimum absolute atomic E-state index is 0.875. The average Bonchev–Trinajstić information content (AvgIpc) is 3.74. The molecule has 0 unspecified atom stereocenters. The van der Waals surface area contributed by atoms with Crippen LogP contribution in [-0.2, 0) is 0 Å². The van der Waals surface area contributed by atoms with Crippen molar-refractivity contribution < 1.29 is 4.42 Å². The van der Waals surface area contributed by atoms with Gasteiger partial charge in [-0.15, -0.1) is 0 Å². The molecule has 0 spiro atoms. The maximum atomic E-state index is 6.60. The first-order valence-corrected chi connectivity index (χ1v) is 21.9. The molecular formula is C62H41NO. The Morgan fingerprint density at radius 1 is 0.266 bits per heavy atom. The zero-order valence-electron chi connectivity index (χ0n) is 35.0. The predicted molar refractivity (Wildman–Crippen MR) is 271 cm³/mol. The topological polar surface area (TPSA) is 16.4 Å². The third-order valence-corrected chi connectivity index (χ3v) is 12.7. The highest BCUT2D eigenvalue weighted by atomic mass is 16.3. The molecule has 12 aromatic rings. The second-order valence-electron chi connectivity index (χ2n) is 16.4. The smallest absolute Gasteiger partial charge is 0.136 e. The summed E-state index contributed by atoms with van der Waals surface area (Å²) in [5.41, 5.74) is 16.7. The van der Waals surface area contributed by atoms with Crippen LogP contribution < -0.4 is 4.90 Å².